The quantitative estimate of drug-likeness (QED) is 0.627. The van der Waals surface area contributed by atoms with Crippen LogP contribution in [0.15, 0.2) is 47.6 Å². The molecule has 0 spiro atoms. The summed E-state index contributed by atoms with van der Waals surface area (Å²) in [6.45, 7) is 2.88. The molecule has 0 amide bonds. The average Bonchev–Trinajstić information content (AvgIpc) is 3.46. The highest BCUT2D eigenvalue weighted by molar-refractivity contribution is 6.12. The molecule has 3 aromatic rings. The largest absolute Gasteiger partial charge is 0.494 e. The summed E-state index contributed by atoms with van der Waals surface area (Å²) in [4.78, 5) is 14.6. The number of aliphatic imine (C=N–C) groups is 1. The number of hydrogen-bond donors (Lipinski definition) is 2. The number of likely N-dealkylation sites (tertiary alicyclic amines) is 1. The Morgan fingerprint density at radius 1 is 1.16 bits per heavy atom. The molecule has 0 radical (unpaired) electrons. The molecule has 2 aliphatic heterocycles. The number of anilines is 2. The van der Waals surface area contributed by atoms with Gasteiger partial charge < -0.3 is 24.7 Å². The minimum Gasteiger partial charge on any atom is -0.494 e. The molecule has 2 aromatic heterocycles. The molecule has 2 aliphatic rings. The second kappa shape index (κ2) is 8.43. The van der Waals surface area contributed by atoms with Crippen molar-refractivity contribution in [1.29, 1.82) is 0 Å². The van der Waals surface area contributed by atoms with Crippen molar-refractivity contribution < 1.29 is 9.47 Å². The molecule has 0 atom stereocenters. The third-order valence-electron chi connectivity index (χ3n) is 5.87. The average molecular weight is 418 g/mol. The van der Waals surface area contributed by atoms with E-state index in [1.54, 1.807) is 7.11 Å². The number of piperidine rings is 1. The number of H-pyrrole nitrogens is 1. The molecule has 0 bridgehead atoms. The number of nitrogens with one attached hydrogen (secondary N) is 2. The lowest BCUT2D eigenvalue weighted by Gasteiger charge is -2.29. The van der Waals surface area contributed by atoms with E-state index in [9.17, 15) is 0 Å². The minimum absolute atomic E-state index is 0.255. The molecule has 1 aromatic carbocycles. The number of nitrogens with zero attached hydrogens (tertiary/aromatic N) is 3. The second-order valence-corrected chi connectivity index (χ2v) is 8.10. The Kier molecular flexibility index (Phi) is 5.34. The lowest BCUT2D eigenvalue weighted by Crippen LogP contribution is -2.35. The maximum atomic E-state index is 6.19. The Labute approximate surface area is 181 Å². The van der Waals surface area contributed by atoms with Gasteiger partial charge in [-0.1, -0.05) is 6.08 Å². The van der Waals surface area contributed by atoms with Gasteiger partial charge in [0.15, 0.2) is 0 Å². The molecule has 2 N–H and O–H groups in total. The van der Waals surface area contributed by atoms with E-state index in [0.29, 0.717) is 0 Å². The Morgan fingerprint density at radius 3 is 2.81 bits per heavy atom. The van der Waals surface area contributed by atoms with Gasteiger partial charge in [0.1, 0.15) is 23.4 Å². The van der Waals surface area contributed by atoms with Crippen LogP contribution in [0.2, 0.25) is 0 Å². The lowest BCUT2D eigenvalue weighted by molar-refractivity contribution is 0.114. The molecule has 160 valence electrons. The van der Waals surface area contributed by atoms with Crippen LogP contribution >= 0.6 is 0 Å². The second-order valence-electron chi connectivity index (χ2n) is 8.10. The molecule has 0 unspecified atom stereocenters. The SMILES string of the molecule is COc1cc(OC2CCN(C)CC2)ccc1Nc1cc2[nH]c(C3=CCN=C3)cc2cn1. The molecule has 1 fully saturated rings. The van der Waals surface area contributed by atoms with Gasteiger partial charge in [0, 0.05) is 54.3 Å². The smallest absolute Gasteiger partial charge is 0.146 e. The molecule has 31 heavy (non-hydrogen) atoms. The fourth-order valence-corrected chi connectivity index (χ4v) is 4.07. The fourth-order valence-electron chi connectivity index (χ4n) is 4.07. The van der Waals surface area contributed by atoms with Crippen LogP contribution in [0.5, 0.6) is 11.5 Å². The number of hydrogen-bond acceptors (Lipinski definition) is 6. The van der Waals surface area contributed by atoms with Crippen LogP contribution in [-0.2, 0) is 0 Å². The molecule has 4 heterocycles. The summed E-state index contributed by atoms with van der Waals surface area (Å²) in [5.74, 6) is 2.31. The van der Waals surface area contributed by atoms with Crippen LogP contribution in [0, 0.1) is 0 Å². The number of ether oxygens (including phenoxy) is 2. The number of rotatable bonds is 6. The number of methoxy groups -OCH3 is 1. The van der Waals surface area contributed by atoms with Crippen LogP contribution in [0.4, 0.5) is 11.5 Å². The number of fused-ring (bicyclic) bond motifs is 1. The van der Waals surface area contributed by atoms with Crippen molar-refractivity contribution in [2.75, 3.05) is 39.1 Å². The van der Waals surface area contributed by atoms with Gasteiger partial charge in [-0.3, -0.25) is 4.99 Å². The van der Waals surface area contributed by atoms with E-state index in [0.717, 1.165) is 77.7 Å². The number of pyridine rings is 1. The van der Waals surface area contributed by atoms with Gasteiger partial charge in [0.05, 0.1) is 24.9 Å². The first kappa shape index (κ1) is 19.6. The van der Waals surface area contributed by atoms with E-state index in [2.05, 4.69) is 44.4 Å². The first-order chi connectivity index (χ1) is 15.2. The van der Waals surface area contributed by atoms with Crippen LogP contribution in [0.25, 0.3) is 16.5 Å². The van der Waals surface area contributed by atoms with Gasteiger partial charge in [-0.2, -0.15) is 0 Å². The van der Waals surface area contributed by atoms with Crippen molar-refractivity contribution in [2.45, 2.75) is 18.9 Å². The van der Waals surface area contributed by atoms with Gasteiger partial charge in [-0.25, -0.2) is 4.98 Å². The molecule has 5 rings (SSSR count). The summed E-state index contributed by atoms with van der Waals surface area (Å²) in [5, 5.41) is 4.44. The topological polar surface area (TPSA) is 74.8 Å². The van der Waals surface area contributed by atoms with Crippen molar-refractivity contribution in [3.63, 3.8) is 0 Å². The third-order valence-corrected chi connectivity index (χ3v) is 5.87. The van der Waals surface area contributed by atoms with Crippen LogP contribution in [0.1, 0.15) is 18.5 Å². The molecular weight excluding hydrogens is 390 g/mol. The van der Waals surface area contributed by atoms with Gasteiger partial charge in [0.2, 0.25) is 0 Å². The number of aromatic amines is 1. The minimum atomic E-state index is 0.255. The normalized spacial score (nSPS) is 17.2. The first-order valence-electron chi connectivity index (χ1n) is 10.7. The Bertz CT molecular complexity index is 1140. The highest BCUT2D eigenvalue weighted by atomic mass is 16.5. The number of allylic oxidation sites excluding steroid dienone is 1. The maximum Gasteiger partial charge on any atom is 0.146 e. The molecular formula is C24H27N5O2. The summed E-state index contributed by atoms with van der Waals surface area (Å²) in [6.07, 6.45) is 8.22. The van der Waals surface area contributed by atoms with E-state index in [-0.39, 0.29) is 6.10 Å². The van der Waals surface area contributed by atoms with Gasteiger partial charge >= 0.3 is 0 Å². The Morgan fingerprint density at radius 2 is 2.03 bits per heavy atom. The van der Waals surface area contributed by atoms with E-state index >= 15 is 0 Å². The molecule has 1 saturated heterocycles. The Balaban J connectivity index is 1.32. The van der Waals surface area contributed by atoms with Gasteiger partial charge in [-0.15, -0.1) is 0 Å². The highest BCUT2D eigenvalue weighted by Gasteiger charge is 2.18. The summed E-state index contributed by atoms with van der Waals surface area (Å²) in [6, 6.07) is 10.0. The molecule has 7 heteroatoms. The number of aromatic nitrogens is 2. The molecule has 0 saturated carbocycles. The summed E-state index contributed by atoms with van der Waals surface area (Å²) < 4.78 is 11.8. The van der Waals surface area contributed by atoms with E-state index in [1.165, 1.54) is 0 Å². The summed E-state index contributed by atoms with van der Waals surface area (Å²) in [7, 11) is 3.82. The van der Waals surface area contributed by atoms with Crippen LogP contribution in [0.3, 0.4) is 0 Å². The van der Waals surface area contributed by atoms with E-state index < -0.39 is 0 Å². The van der Waals surface area contributed by atoms with E-state index in [1.807, 2.05) is 36.7 Å². The van der Waals surface area contributed by atoms with Gasteiger partial charge in [-0.05, 0) is 38.1 Å². The van der Waals surface area contributed by atoms with Crippen LogP contribution in [-0.4, -0.2) is 61.0 Å². The molecule has 0 aliphatic carbocycles. The zero-order valence-corrected chi connectivity index (χ0v) is 17.9. The van der Waals surface area contributed by atoms with Crippen molar-refractivity contribution in [3.05, 3.63) is 48.3 Å². The zero-order valence-electron chi connectivity index (χ0n) is 17.9. The highest BCUT2D eigenvalue weighted by Crippen LogP contribution is 2.33. The van der Waals surface area contributed by atoms with Gasteiger partial charge in [0.25, 0.3) is 0 Å². The first-order valence-corrected chi connectivity index (χ1v) is 10.7. The zero-order chi connectivity index (χ0) is 21.2. The Hall–Kier alpha value is -3.32. The number of benzene rings is 1. The standard InChI is InChI=1S/C24H27N5O2/c1-29-9-6-18(7-10-29)31-19-3-4-20(23(12-19)30-2)28-24-13-22-17(15-26-24)11-21(27-22)16-5-8-25-14-16/h3-5,11-15,18,27H,6-10H2,1-2H3,(H,26,28). The molecule has 7 nitrogen and oxygen atoms in total. The van der Waals surface area contributed by atoms with Crippen molar-refractivity contribution in [3.8, 4) is 11.5 Å². The summed E-state index contributed by atoms with van der Waals surface area (Å²) in [5.41, 5.74) is 4.05. The maximum absolute atomic E-state index is 6.19. The van der Waals surface area contributed by atoms with Crippen LogP contribution < -0.4 is 14.8 Å². The van der Waals surface area contributed by atoms with E-state index in [4.69, 9.17) is 9.47 Å². The van der Waals surface area contributed by atoms with Crippen molar-refractivity contribution in [1.82, 2.24) is 14.9 Å². The monoisotopic (exact) mass is 417 g/mol. The lowest BCUT2D eigenvalue weighted by atomic mass is 10.1. The fraction of sp³-hybridized carbons (Fsp3) is 0.333. The third kappa shape index (κ3) is 4.27. The van der Waals surface area contributed by atoms with Crippen molar-refractivity contribution in [2.24, 2.45) is 4.99 Å². The van der Waals surface area contributed by atoms with Crippen molar-refractivity contribution >= 4 is 34.2 Å². The predicted octanol–water partition coefficient (Wildman–Crippen LogP) is 4.26. The summed E-state index contributed by atoms with van der Waals surface area (Å²) >= 11 is 0. The predicted molar refractivity (Wildman–Crippen MR) is 125 cm³/mol.